The highest BCUT2D eigenvalue weighted by Gasteiger charge is 2.01. The molecule has 2 rings (SSSR count). The van der Waals surface area contributed by atoms with Gasteiger partial charge in [0.05, 0.1) is 17.6 Å². The summed E-state index contributed by atoms with van der Waals surface area (Å²) in [4.78, 5) is 8.39. The van der Waals surface area contributed by atoms with Crippen LogP contribution in [0.1, 0.15) is 17.0 Å². The van der Waals surface area contributed by atoms with Crippen molar-refractivity contribution in [1.82, 2.24) is 9.97 Å². The van der Waals surface area contributed by atoms with Gasteiger partial charge in [-0.25, -0.2) is 0 Å². The fourth-order valence-electron chi connectivity index (χ4n) is 1.48. The van der Waals surface area contributed by atoms with E-state index in [1.165, 1.54) is 0 Å². The first kappa shape index (κ1) is 11.4. The second-order valence-electron chi connectivity index (χ2n) is 3.96. The minimum Gasteiger partial charge on any atom is -0.487 e. The first-order valence-corrected chi connectivity index (χ1v) is 5.41. The topological polar surface area (TPSA) is 61.0 Å². The summed E-state index contributed by atoms with van der Waals surface area (Å²) in [5.41, 5.74) is 9.15. The zero-order valence-corrected chi connectivity index (χ0v) is 9.97. The van der Waals surface area contributed by atoms with Gasteiger partial charge in [-0.1, -0.05) is 0 Å². The van der Waals surface area contributed by atoms with E-state index in [1.807, 2.05) is 32.0 Å². The third kappa shape index (κ3) is 2.93. The highest BCUT2D eigenvalue weighted by molar-refractivity contribution is 5.47. The van der Waals surface area contributed by atoms with Crippen molar-refractivity contribution in [2.45, 2.75) is 20.5 Å². The van der Waals surface area contributed by atoms with Gasteiger partial charge in [-0.15, -0.1) is 0 Å². The Labute approximate surface area is 100 Å². The summed E-state index contributed by atoms with van der Waals surface area (Å²) in [5.74, 6) is 0.821. The van der Waals surface area contributed by atoms with Crippen LogP contribution in [0.5, 0.6) is 5.75 Å². The van der Waals surface area contributed by atoms with Crippen LogP contribution in [0.2, 0.25) is 0 Å². The molecular formula is C13H15N3O. The summed E-state index contributed by atoms with van der Waals surface area (Å²) in [6.45, 7) is 4.28. The molecule has 0 aliphatic rings. The molecule has 0 radical (unpaired) electrons. The number of hydrogen-bond acceptors (Lipinski definition) is 4. The number of ether oxygens (including phenoxy) is 1. The Morgan fingerprint density at radius 3 is 2.65 bits per heavy atom. The van der Waals surface area contributed by atoms with Crippen molar-refractivity contribution in [2.24, 2.45) is 0 Å². The molecule has 2 aromatic rings. The Bertz CT molecular complexity index is 509. The first-order chi connectivity index (χ1) is 8.15. The van der Waals surface area contributed by atoms with Crippen molar-refractivity contribution in [3.8, 4) is 5.75 Å². The fourth-order valence-corrected chi connectivity index (χ4v) is 1.48. The maximum atomic E-state index is 5.67. The van der Waals surface area contributed by atoms with E-state index in [1.54, 1.807) is 12.4 Å². The number of nitrogens with two attached hydrogens (primary N) is 1. The van der Waals surface area contributed by atoms with Gasteiger partial charge in [0.1, 0.15) is 12.4 Å². The van der Waals surface area contributed by atoms with Crippen LogP contribution in [0.3, 0.4) is 0 Å². The molecule has 1 aromatic heterocycles. The Morgan fingerprint density at radius 1 is 1.18 bits per heavy atom. The van der Waals surface area contributed by atoms with E-state index in [0.29, 0.717) is 6.61 Å². The standard InChI is InChI=1S/C13H15N3O/c1-9-5-11(14)3-4-13(9)17-8-12-7-15-10(2)6-16-12/h3-7H,8,14H2,1-2H3. The molecule has 0 saturated heterocycles. The zero-order valence-electron chi connectivity index (χ0n) is 9.97. The third-order valence-electron chi connectivity index (χ3n) is 2.41. The smallest absolute Gasteiger partial charge is 0.132 e. The molecule has 1 aromatic carbocycles. The SMILES string of the molecule is Cc1cnc(COc2ccc(N)cc2C)cn1. The van der Waals surface area contributed by atoms with Gasteiger partial charge >= 0.3 is 0 Å². The van der Waals surface area contributed by atoms with Gasteiger partial charge in [0.15, 0.2) is 0 Å². The van der Waals surface area contributed by atoms with E-state index in [4.69, 9.17) is 10.5 Å². The van der Waals surface area contributed by atoms with E-state index in [2.05, 4.69) is 9.97 Å². The Morgan fingerprint density at radius 2 is 2.00 bits per heavy atom. The van der Waals surface area contributed by atoms with E-state index < -0.39 is 0 Å². The van der Waals surface area contributed by atoms with Crippen molar-refractivity contribution in [2.75, 3.05) is 5.73 Å². The molecule has 0 saturated carbocycles. The monoisotopic (exact) mass is 229 g/mol. The lowest BCUT2D eigenvalue weighted by atomic mass is 10.2. The zero-order chi connectivity index (χ0) is 12.3. The van der Waals surface area contributed by atoms with Gasteiger partial charge in [-0.05, 0) is 37.6 Å². The summed E-state index contributed by atoms with van der Waals surface area (Å²) in [5, 5.41) is 0. The number of nitrogens with zero attached hydrogens (tertiary/aromatic N) is 2. The number of aryl methyl sites for hydroxylation is 2. The lowest BCUT2D eigenvalue weighted by molar-refractivity contribution is 0.298. The van der Waals surface area contributed by atoms with Crippen LogP contribution in [-0.4, -0.2) is 9.97 Å². The molecule has 88 valence electrons. The minimum atomic E-state index is 0.415. The molecule has 4 heteroatoms. The molecule has 0 aliphatic heterocycles. The highest BCUT2D eigenvalue weighted by Crippen LogP contribution is 2.20. The second-order valence-corrected chi connectivity index (χ2v) is 3.96. The van der Waals surface area contributed by atoms with Gasteiger partial charge in [-0.3, -0.25) is 9.97 Å². The molecule has 0 unspecified atom stereocenters. The van der Waals surface area contributed by atoms with E-state index in [9.17, 15) is 0 Å². The van der Waals surface area contributed by atoms with Crippen LogP contribution in [0, 0.1) is 13.8 Å². The summed E-state index contributed by atoms with van der Waals surface area (Å²) in [7, 11) is 0. The van der Waals surface area contributed by atoms with Crippen LogP contribution in [0.4, 0.5) is 5.69 Å². The molecule has 17 heavy (non-hydrogen) atoms. The molecule has 0 fully saturated rings. The number of anilines is 1. The molecule has 0 aliphatic carbocycles. The van der Waals surface area contributed by atoms with Crippen molar-refractivity contribution in [3.63, 3.8) is 0 Å². The van der Waals surface area contributed by atoms with Crippen LogP contribution < -0.4 is 10.5 Å². The predicted molar refractivity (Wildman–Crippen MR) is 66.7 cm³/mol. The first-order valence-electron chi connectivity index (χ1n) is 5.41. The Balaban J connectivity index is 2.04. The molecule has 4 nitrogen and oxygen atoms in total. The number of aromatic nitrogens is 2. The van der Waals surface area contributed by atoms with Crippen molar-refractivity contribution < 1.29 is 4.74 Å². The Kier molecular flexibility index (Phi) is 3.23. The molecular weight excluding hydrogens is 214 g/mol. The average Bonchev–Trinajstić information content (AvgIpc) is 2.30. The summed E-state index contributed by atoms with van der Waals surface area (Å²) >= 11 is 0. The van der Waals surface area contributed by atoms with Crippen LogP contribution >= 0.6 is 0 Å². The minimum absolute atomic E-state index is 0.415. The summed E-state index contributed by atoms with van der Waals surface area (Å²) in [6.07, 6.45) is 3.45. The third-order valence-corrected chi connectivity index (χ3v) is 2.41. The predicted octanol–water partition coefficient (Wildman–Crippen LogP) is 2.25. The van der Waals surface area contributed by atoms with Crippen LogP contribution in [-0.2, 0) is 6.61 Å². The normalized spacial score (nSPS) is 10.2. The maximum Gasteiger partial charge on any atom is 0.132 e. The lowest BCUT2D eigenvalue weighted by Gasteiger charge is -2.09. The van der Waals surface area contributed by atoms with Crippen LogP contribution in [0.25, 0.3) is 0 Å². The molecule has 0 bridgehead atoms. The fraction of sp³-hybridized carbons (Fsp3) is 0.231. The molecule has 0 atom stereocenters. The van der Waals surface area contributed by atoms with Crippen molar-refractivity contribution >= 4 is 5.69 Å². The second kappa shape index (κ2) is 4.82. The molecule has 2 N–H and O–H groups in total. The number of hydrogen-bond donors (Lipinski definition) is 1. The summed E-state index contributed by atoms with van der Waals surface area (Å²) < 4.78 is 5.66. The largest absolute Gasteiger partial charge is 0.487 e. The van der Waals surface area contributed by atoms with E-state index >= 15 is 0 Å². The Hall–Kier alpha value is -2.10. The highest BCUT2D eigenvalue weighted by atomic mass is 16.5. The van der Waals surface area contributed by atoms with Gasteiger partial charge in [-0.2, -0.15) is 0 Å². The van der Waals surface area contributed by atoms with Crippen molar-refractivity contribution in [1.29, 1.82) is 0 Å². The van der Waals surface area contributed by atoms with E-state index in [-0.39, 0.29) is 0 Å². The summed E-state index contributed by atoms with van der Waals surface area (Å²) in [6, 6.07) is 5.57. The number of rotatable bonds is 3. The quantitative estimate of drug-likeness (QED) is 0.820. The van der Waals surface area contributed by atoms with Gasteiger partial charge in [0.2, 0.25) is 0 Å². The maximum absolute atomic E-state index is 5.67. The van der Waals surface area contributed by atoms with Gasteiger partial charge in [0, 0.05) is 11.9 Å². The van der Waals surface area contributed by atoms with Crippen molar-refractivity contribution in [3.05, 3.63) is 47.5 Å². The van der Waals surface area contributed by atoms with Gasteiger partial charge in [0.25, 0.3) is 0 Å². The lowest BCUT2D eigenvalue weighted by Crippen LogP contribution is -2.01. The number of nitrogen functional groups attached to an aromatic ring is 1. The molecule has 0 amide bonds. The van der Waals surface area contributed by atoms with Gasteiger partial charge < -0.3 is 10.5 Å². The number of benzene rings is 1. The molecule has 0 spiro atoms. The van der Waals surface area contributed by atoms with E-state index in [0.717, 1.165) is 28.4 Å². The van der Waals surface area contributed by atoms with Crippen LogP contribution in [0.15, 0.2) is 30.6 Å². The molecule has 1 heterocycles. The average molecular weight is 229 g/mol.